The number of halogens is 1. The van der Waals surface area contributed by atoms with E-state index < -0.39 is 5.82 Å². The van der Waals surface area contributed by atoms with Crippen LogP contribution in [0, 0.1) is 17.1 Å². The molecule has 0 atom stereocenters. The predicted molar refractivity (Wildman–Crippen MR) is 74.7 cm³/mol. The molecule has 3 heteroatoms. The second-order valence-electron chi connectivity index (χ2n) is 5.30. The van der Waals surface area contributed by atoms with Gasteiger partial charge in [0.25, 0.3) is 0 Å². The van der Waals surface area contributed by atoms with E-state index in [0.29, 0.717) is 16.9 Å². The number of benzene rings is 1. The van der Waals surface area contributed by atoms with Crippen molar-refractivity contribution in [2.24, 2.45) is 0 Å². The lowest BCUT2D eigenvalue weighted by Gasteiger charge is -2.21. The zero-order valence-electron chi connectivity index (χ0n) is 11.7. The zero-order chi connectivity index (χ0) is 14.6. The third-order valence-corrected chi connectivity index (χ3v) is 2.30. The maximum absolute atomic E-state index is 13.5. The summed E-state index contributed by atoms with van der Waals surface area (Å²) in [6.07, 6.45) is 1.76. The summed E-state index contributed by atoms with van der Waals surface area (Å²) in [6.45, 7) is 11.6. The average Bonchev–Trinajstić information content (AvgIpc) is 2.26. The van der Waals surface area contributed by atoms with Crippen LogP contribution in [0.2, 0.25) is 0 Å². The molecule has 0 aromatic heterocycles. The number of nitrogens with zero attached hydrogens (tertiary/aromatic N) is 1. The minimum absolute atomic E-state index is 0.0307. The maximum Gasteiger partial charge on any atom is 0.141 e. The van der Waals surface area contributed by atoms with E-state index in [9.17, 15) is 4.39 Å². The topological polar surface area (TPSA) is 33.0 Å². The van der Waals surface area contributed by atoms with Gasteiger partial charge in [-0.05, 0) is 57.0 Å². The van der Waals surface area contributed by atoms with Gasteiger partial charge in [0.15, 0.2) is 0 Å². The normalized spacial score (nSPS) is 11.9. The molecule has 1 aromatic carbocycles. The largest absolute Gasteiger partial charge is 0.493 e. The molecule has 0 spiro atoms. The summed E-state index contributed by atoms with van der Waals surface area (Å²) in [6, 6.07) is 6.22. The van der Waals surface area contributed by atoms with Crippen LogP contribution < -0.4 is 0 Å². The molecule has 0 aliphatic heterocycles. The summed E-state index contributed by atoms with van der Waals surface area (Å²) >= 11 is 0. The van der Waals surface area contributed by atoms with Crippen molar-refractivity contribution in [1.29, 1.82) is 5.26 Å². The van der Waals surface area contributed by atoms with Crippen molar-refractivity contribution in [2.75, 3.05) is 0 Å². The lowest BCUT2D eigenvalue weighted by molar-refractivity contribution is 0.0536. The van der Waals surface area contributed by atoms with E-state index in [1.807, 2.05) is 27.7 Å². The minimum Gasteiger partial charge on any atom is -0.493 e. The van der Waals surface area contributed by atoms with Gasteiger partial charge in [0, 0.05) is 0 Å². The number of ether oxygens (including phenoxy) is 1. The first-order valence-electron chi connectivity index (χ1n) is 5.99. The quantitative estimate of drug-likeness (QED) is 0.594. The van der Waals surface area contributed by atoms with Crippen molar-refractivity contribution in [2.45, 2.75) is 33.3 Å². The molecule has 19 heavy (non-hydrogen) atoms. The molecule has 0 amide bonds. The van der Waals surface area contributed by atoms with Crippen LogP contribution in [0.1, 0.15) is 38.8 Å². The number of allylic oxidation sites excluding steroid dienone is 3. The van der Waals surface area contributed by atoms with Crippen molar-refractivity contribution < 1.29 is 9.13 Å². The average molecular weight is 259 g/mol. The fraction of sp³-hybridized carbons (Fsp3) is 0.312. The first-order valence-corrected chi connectivity index (χ1v) is 5.99. The zero-order valence-corrected chi connectivity index (χ0v) is 11.7. The molecule has 1 rings (SSSR count). The van der Waals surface area contributed by atoms with Gasteiger partial charge in [-0.1, -0.05) is 12.6 Å². The molecule has 0 aliphatic carbocycles. The fourth-order valence-corrected chi connectivity index (χ4v) is 1.65. The number of hydrogen-bond donors (Lipinski definition) is 0. The van der Waals surface area contributed by atoms with E-state index in [1.165, 1.54) is 12.1 Å². The highest BCUT2D eigenvalue weighted by molar-refractivity contribution is 5.72. The fourth-order valence-electron chi connectivity index (χ4n) is 1.65. The van der Waals surface area contributed by atoms with Gasteiger partial charge in [-0.2, -0.15) is 5.26 Å². The highest BCUT2D eigenvalue weighted by Crippen LogP contribution is 2.21. The first kappa shape index (κ1) is 15.0. The maximum atomic E-state index is 13.5. The highest BCUT2D eigenvalue weighted by atomic mass is 19.1. The Morgan fingerprint density at radius 2 is 2.05 bits per heavy atom. The monoisotopic (exact) mass is 259 g/mol. The summed E-state index contributed by atoms with van der Waals surface area (Å²) in [5.41, 5.74) is 1.03. The number of hydrogen-bond acceptors (Lipinski definition) is 2. The van der Waals surface area contributed by atoms with Crippen molar-refractivity contribution >= 4 is 5.57 Å². The molecule has 2 nitrogen and oxygen atoms in total. The van der Waals surface area contributed by atoms with Crippen molar-refractivity contribution in [3.63, 3.8) is 0 Å². The number of rotatable bonds is 3. The van der Waals surface area contributed by atoms with E-state index in [-0.39, 0.29) is 11.2 Å². The van der Waals surface area contributed by atoms with E-state index >= 15 is 0 Å². The molecule has 0 aliphatic rings. The third kappa shape index (κ3) is 4.59. The molecule has 100 valence electrons. The smallest absolute Gasteiger partial charge is 0.141 e. The number of nitriles is 1. The molecule has 0 saturated carbocycles. The van der Waals surface area contributed by atoms with Crippen LogP contribution in [0.4, 0.5) is 4.39 Å². The van der Waals surface area contributed by atoms with E-state index in [2.05, 4.69) is 6.58 Å². The molecular formula is C16H18FNO. The van der Waals surface area contributed by atoms with E-state index in [1.54, 1.807) is 18.2 Å². The molecular weight excluding hydrogens is 241 g/mol. The molecule has 0 saturated heterocycles. The standard InChI is InChI=1S/C16H18FNO/c1-11(8-12(2)19-16(3,4)5)13-6-7-14(10-18)15(17)9-13/h6-9H,1H2,2-5H3/b12-8+. The Morgan fingerprint density at radius 3 is 2.53 bits per heavy atom. The Hall–Kier alpha value is -2.08. The Labute approximate surface area is 113 Å². The molecule has 1 aromatic rings. The summed E-state index contributed by atoms with van der Waals surface area (Å²) in [5, 5.41) is 8.68. The predicted octanol–water partition coefficient (Wildman–Crippen LogP) is 4.43. The summed E-state index contributed by atoms with van der Waals surface area (Å²) in [5.74, 6) is 0.172. The van der Waals surface area contributed by atoms with Crippen LogP contribution in [0.25, 0.3) is 5.57 Å². The Kier molecular flexibility index (Phi) is 4.50. The minimum atomic E-state index is -0.538. The Morgan fingerprint density at radius 1 is 1.42 bits per heavy atom. The van der Waals surface area contributed by atoms with Gasteiger partial charge < -0.3 is 4.74 Å². The molecule has 0 radical (unpaired) electrons. The second-order valence-corrected chi connectivity index (χ2v) is 5.30. The second kappa shape index (κ2) is 5.71. The van der Waals surface area contributed by atoms with Gasteiger partial charge in [0.2, 0.25) is 0 Å². The van der Waals surface area contributed by atoms with Gasteiger partial charge in [-0.3, -0.25) is 0 Å². The van der Waals surface area contributed by atoms with Gasteiger partial charge in [0.1, 0.15) is 17.5 Å². The van der Waals surface area contributed by atoms with Gasteiger partial charge in [-0.25, -0.2) is 4.39 Å². The summed E-state index contributed by atoms with van der Waals surface area (Å²) in [4.78, 5) is 0. The first-order chi connectivity index (χ1) is 8.73. The summed E-state index contributed by atoms with van der Waals surface area (Å²) in [7, 11) is 0. The van der Waals surface area contributed by atoms with Gasteiger partial charge >= 0.3 is 0 Å². The summed E-state index contributed by atoms with van der Waals surface area (Å²) < 4.78 is 19.2. The van der Waals surface area contributed by atoms with Crippen LogP contribution in [-0.2, 0) is 4.74 Å². The lowest BCUT2D eigenvalue weighted by Crippen LogP contribution is -2.17. The Balaban J connectivity index is 2.93. The van der Waals surface area contributed by atoms with Crippen LogP contribution in [0.3, 0.4) is 0 Å². The van der Waals surface area contributed by atoms with E-state index in [0.717, 1.165) is 0 Å². The van der Waals surface area contributed by atoms with Crippen LogP contribution in [0.5, 0.6) is 0 Å². The molecule has 0 heterocycles. The van der Waals surface area contributed by atoms with Crippen molar-refractivity contribution in [3.05, 3.63) is 53.6 Å². The van der Waals surface area contributed by atoms with Crippen molar-refractivity contribution in [3.8, 4) is 6.07 Å². The molecule has 0 bridgehead atoms. The van der Waals surface area contributed by atoms with E-state index in [4.69, 9.17) is 10.00 Å². The highest BCUT2D eigenvalue weighted by Gasteiger charge is 2.11. The van der Waals surface area contributed by atoms with Crippen LogP contribution >= 0.6 is 0 Å². The SMILES string of the molecule is C=C(/C=C(\C)OC(C)(C)C)c1ccc(C#N)c(F)c1. The van der Waals surface area contributed by atoms with Crippen LogP contribution in [0.15, 0.2) is 36.6 Å². The lowest BCUT2D eigenvalue weighted by atomic mass is 10.0. The Bertz CT molecular complexity index is 559. The molecule has 0 unspecified atom stereocenters. The van der Waals surface area contributed by atoms with Crippen LogP contribution in [-0.4, -0.2) is 5.60 Å². The molecule has 0 fully saturated rings. The van der Waals surface area contributed by atoms with Crippen molar-refractivity contribution in [1.82, 2.24) is 0 Å². The van der Waals surface area contributed by atoms with Gasteiger partial charge in [0.05, 0.1) is 11.3 Å². The van der Waals surface area contributed by atoms with Gasteiger partial charge in [-0.15, -0.1) is 0 Å². The molecule has 0 N–H and O–H groups in total. The third-order valence-electron chi connectivity index (χ3n) is 2.30.